The molecule has 0 saturated carbocycles. The molecule has 6 nitrogen and oxygen atoms in total. The van der Waals surface area contributed by atoms with Gasteiger partial charge in [-0.05, 0) is 32.2 Å². The number of fused-ring (bicyclic) bond motifs is 1. The van der Waals surface area contributed by atoms with Crippen LogP contribution in [0.3, 0.4) is 0 Å². The zero-order valence-electron chi connectivity index (χ0n) is 10.7. The minimum absolute atomic E-state index is 0.131. The summed E-state index contributed by atoms with van der Waals surface area (Å²) in [5.74, 6) is 1.51. The van der Waals surface area contributed by atoms with E-state index in [-0.39, 0.29) is 17.9 Å². The third-order valence-electron chi connectivity index (χ3n) is 2.83. The number of aryl methyl sites for hydroxylation is 1. The molecule has 0 unspecified atom stereocenters. The van der Waals surface area contributed by atoms with E-state index in [1.165, 1.54) is 0 Å². The van der Waals surface area contributed by atoms with Gasteiger partial charge in [-0.1, -0.05) is 0 Å². The summed E-state index contributed by atoms with van der Waals surface area (Å²) in [6.45, 7) is 4.03. The molecule has 0 bridgehead atoms. The standard InChI is InChI=1S/C11H17N5OS/c1-7(9(6-17)18-3)12-10-4-5-11-14-13-8(2)16(11)15-10/h4-5,7,9,17H,6H2,1-3H3,(H,12,15)/t7-,9-/m1/s1. The first kappa shape index (κ1) is 13.1. The number of anilines is 1. The topological polar surface area (TPSA) is 75.3 Å². The Morgan fingerprint density at radius 3 is 2.89 bits per heavy atom. The fourth-order valence-electron chi connectivity index (χ4n) is 1.74. The van der Waals surface area contributed by atoms with E-state index in [1.54, 1.807) is 16.3 Å². The van der Waals surface area contributed by atoms with Crippen LogP contribution in [0.25, 0.3) is 5.65 Å². The molecule has 2 N–H and O–H groups in total. The highest BCUT2D eigenvalue weighted by Crippen LogP contribution is 2.15. The van der Waals surface area contributed by atoms with Gasteiger partial charge in [0.05, 0.1) is 6.61 Å². The van der Waals surface area contributed by atoms with Gasteiger partial charge in [0, 0.05) is 11.3 Å². The summed E-state index contributed by atoms with van der Waals surface area (Å²) in [5.41, 5.74) is 0.731. The highest BCUT2D eigenvalue weighted by atomic mass is 32.2. The molecular weight excluding hydrogens is 250 g/mol. The summed E-state index contributed by atoms with van der Waals surface area (Å²) < 4.78 is 1.70. The van der Waals surface area contributed by atoms with Crippen molar-refractivity contribution in [3.63, 3.8) is 0 Å². The number of hydrogen-bond acceptors (Lipinski definition) is 6. The number of aromatic nitrogens is 4. The van der Waals surface area contributed by atoms with Crippen molar-refractivity contribution < 1.29 is 5.11 Å². The molecule has 0 amide bonds. The Labute approximate surface area is 110 Å². The Morgan fingerprint density at radius 1 is 1.44 bits per heavy atom. The van der Waals surface area contributed by atoms with Crippen LogP contribution in [-0.2, 0) is 0 Å². The van der Waals surface area contributed by atoms with E-state index >= 15 is 0 Å². The van der Waals surface area contributed by atoms with Gasteiger partial charge < -0.3 is 10.4 Å². The van der Waals surface area contributed by atoms with Gasteiger partial charge in [-0.25, -0.2) is 0 Å². The number of hydrogen-bond donors (Lipinski definition) is 2. The monoisotopic (exact) mass is 267 g/mol. The van der Waals surface area contributed by atoms with Gasteiger partial charge in [0.15, 0.2) is 11.5 Å². The quantitative estimate of drug-likeness (QED) is 0.840. The predicted octanol–water partition coefficient (Wildman–Crippen LogP) is 0.957. The second-order valence-electron chi connectivity index (χ2n) is 4.13. The van der Waals surface area contributed by atoms with Crippen LogP contribution in [0.2, 0.25) is 0 Å². The van der Waals surface area contributed by atoms with Crippen LogP contribution in [0.1, 0.15) is 12.7 Å². The largest absolute Gasteiger partial charge is 0.395 e. The van der Waals surface area contributed by atoms with Crippen molar-refractivity contribution in [2.75, 3.05) is 18.2 Å². The first-order valence-corrected chi connectivity index (χ1v) is 7.03. The highest BCUT2D eigenvalue weighted by molar-refractivity contribution is 7.99. The maximum Gasteiger partial charge on any atom is 0.178 e. The van der Waals surface area contributed by atoms with E-state index in [0.29, 0.717) is 0 Å². The molecule has 2 rings (SSSR count). The summed E-state index contributed by atoms with van der Waals surface area (Å²) in [4.78, 5) is 0. The average Bonchev–Trinajstić information content (AvgIpc) is 2.73. The molecule has 2 atom stereocenters. The molecule has 0 radical (unpaired) electrons. The summed E-state index contributed by atoms with van der Waals surface area (Å²) in [6, 6.07) is 3.87. The van der Waals surface area contributed by atoms with E-state index in [0.717, 1.165) is 17.3 Å². The maximum absolute atomic E-state index is 9.25. The second-order valence-corrected chi connectivity index (χ2v) is 5.20. The summed E-state index contributed by atoms with van der Waals surface area (Å²) in [5, 5.41) is 25.0. The molecule has 0 saturated heterocycles. The highest BCUT2D eigenvalue weighted by Gasteiger charge is 2.15. The molecule has 0 aliphatic carbocycles. The molecule has 18 heavy (non-hydrogen) atoms. The van der Waals surface area contributed by atoms with E-state index in [2.05, 4.69) is 20.6 Å². The lowest BCUT2D eigenvalue weighted by Crippen LogP contribution is -2.31. The zero-order chi connectivity index (χ0) is 13.1. The van der Waals surface area contributed by atoms with Gasteiger partial charge >= 0.3 is 0 Å². The Balaban J connectivity index is 2.18. The number of aliphatic hydroxyl groups excluding tert-OH is 1. The third-order valence-corrected chi connectivity index (χ3v) is 4.00. The van der Waals surface area contributed by atoms with Gasteiger partial charge in [0.1, 0.15) is 5.82 Å². The number of nitrogens with zero attached hydrogens (tertiary/aromatic N) is 4. The molecule has 2 heterocycles. The van der Waals surface area contributed by atoms with Gasteiger partial charge in [-0.15, -0.1) is 15.3 Å². The van der Waals surface area contributed by atoms with Crippen LogP contribution < -0.4 is 5.32 Å². The molecule has 0 aromatic carbocycles. The fraction of sp³-hybridized carbons (Fsp3) is 0.545. The van der Waals surface area contributed by atoms with Gasteiger partial charge in [-0.3, -0.25) is 0 Å². The maximum atomic E-state index is 9.25. The minimum atomic E-state index is 0.131. The number of thioether (sulfide) groups is 1. The lowest BCUT2D eigenvalue weighted by Gasteiger charge is -2.21. The molecule has 98 valence electrons. The molecular formula is C11H17N5OS. The molecule has 0 fully saturated rings. The van der Waals surface area contributed by atoms with E-state index in [1.807, 2.05) is 32.2 Å². The van der Waals surface area contributed by atoms with Crippen molar-refractivity contribution >= 4 is 23.2 Å². The van der Waals surface area contributed by atoms with Crippen LogP contribution >= 0.6 is 11.8 Å². The van der Waals surface area contributed by atoms with Crippen LogP contribution in [0.5, 0.6) is 0 Å². The van der Waals surface area contributed by atoms with E-state index in [9.17, 15) is 5.11 Å². The summed E-state index contributed by atoms with van der Waals surface area (Å²) in [6.07, 6.45) is 1.99. The summed E-state index contributed by atoms with van der Waals surface area (Å²) in [7, 11) is 0. The number of aliphatic hydroxyl groups is 1. The van der Waals surface area contributed by atoms with Crippen molar-refractivity contribution in [1.29, 1.82) is 0 Å². The first-order chi connectivity index (χ1) is 8.65. The lowest BCUT2D eigenvalue weighted by molar-refractivity contribution is 0.288. The Bertz CT molecular complexity index is 525. The first-order valence-electron chi connectivity index (χ1n) is 5.75. The van der Waals surface area contributed by atoms with Crippen molar-refractivity contribution in [2.45, 2.75) is 25.1 Å². The van der Waals surface area contributed by atoms with Gasteiger partial charge in [0.25, 0.3) is 0 Å². The Kier molecular flexibility index (Phi) is 4.03. The van der Waals surface area contributed by atoms with Crippen molar-refractivity contribution in [1.82, 2.24) is 19.8 Å². The van der Waals surface area contributed by atoms with Crippen molar-refractivity contribution in [3.05, 3.63) is 18.0 Å². The van der Waals surface area contributed by atoms with Crippen molar-refractivity contribution in [3.8, 4) is 0 Å². The number of nitrogens with one attached hydrogen (secondary N) is 1. The molecule has 0 aliphatic rings. The zero-order valence-corrected chi connectivity index (χ0v) is 11.5. The Hall–Kier alpha value is -1.34. The second kappa shape index (κ2) is 5.53. The molecule has 7 heteroatoms. The Morgan fingerprint density at radius 2 is 2.22 bits per heavy atom. The number of rotatable bonds is 5. The fourth-order valence-corrected chi connectivity index (χ4v) is 2.36. The molecule has 2 aromatic heterocycles. The van der Waals surface area contributed by atoms with Gasteiger partial charge in [0.2, 0.25) is 0 Å². The molecule has 2 aromatic rings. The normalized spacial score (nSPS) is 14.7. The van der Waals surface area contributed by atoms with Crippen molar-refractivity contribution in [2.24, 2.45) is 0 Å². The van der Waals surface area contributed by atoms with E-state index in [4.69, 9.17) is 0 Å². The van der Waals surface area contributed by atoms with Crippen LogP contribution in [0.4, 0.5) is 5.82 Å². The van der Waals surface area contributed by atoms with Crippen LogP contribution in [0.15, 0.2) is 12.1 Å². The van der Waals surface area contributed by atoms with E-state index < -0.39 is 0 Å². The van der Waals surface area contributed by atoms with Crippen LogP contribution in [0, 0.1) is 6.92 Å². The lowest BCUT2D eigenvalue weighted by atomic mass is 10.2. The average molecular weight is 267 g/mol. The minimum Gasteiger partial charge on any atom is -0.395 e. The molecule has 0 aliphatic heterocycles. The molecule has 0 spiro atoms. The smallest absolute Gasteiger partial charge is 0.178 e. The van der Waals surface area contributed by atoms with Crippen LogP contribution in [-0.4, -0.2) is 49.1 Å². The predicted molar refractivity (Wildman–Crippen MR) is 73.0 cm³/mol. The third kappa shape index (κ3) is 2.56. The van der Waals surface area contributed by atoms with Gasteiger partial charge in [-0.2, -0.15) is 16.3 Å². The SMILES string of the molecule is CS[C@H](CO)[C@@H](C)Nc1ccc2nnc(C)n2n1. The summed E-state index contributed by atoms with van der Waals surface area (Å²) >= 11 is 1.63.